The second-order valence-electron chi connectivity index (χ2n) is 3.80. The van der Waals surface area contributed by atoms with E-state index in [4.69, 9.17) is 5.73 Å². The molecule has 1 aromatic rings. The fourth-order valence-corrected chi connectivity index (χ4v) is 3.36. The number of hydrogen-bond donors (Lipinski definition) is 3. The molecule has 0 aliphatic carbocycles. The molecule has 2 rings (SSSR count). The monoisotopic (exact) mass is 260 g/mol. The number of carbonyl (C=O) groups is 1. The van der Waals surface area contributed by atoms with Crippen LogP contribution in [0.3, 0.4) is 0 Å². The molecule has 1 aromatic heterocycles. The van der Waals surface area contributed by atoms with Crippen molar-refractivity contribution in [3.63, 3.8) is 0 Å². The van der Waals surface area contributed by atoms with Crippen LogP contribution in [-0.4, -0.2) is 52.4 Å². The van der Waals surface area contributed by atoms with Gasteiger partial charge in [0.2, 0.25) is 5.91 Å². The third-order valence-corrected chi connectivity index (χ3v) is 4.42. The Kier molecular flexibility index (Phi) is 2.89. The highest BCUT2D eigenvalue weighted by Gasteiger charge is 2.43. The average molecular weight is 260 g/mol. The Labute approximate surface area is 97.5 Å². The summed E-state index contributed by atoms with van der Waals surface area (Å²) in [4.78, 5) is 17.2. The van der Waals surface area contributed by atoms with E-state index in [9.17, 15) is 18.3 Å². The topological polar surface area (TPSA) is 129 Å². The highest BCUT2D eigenvalue weighted by molar-refractivity contribution is 7.89. The molecule has 0 bridgehead atoms. The number of nitrogens with one attached hydrogen (secondary N) is 1. The Morgan fingerprint density at radius 1 is 1.65 bits per heavy atom. The van der Waals surface area contributed by atoms with Crippen molar-refractivity contribution in [2.75, 3.05) is 6.54 Å². The highest BCUT2D eigenvalue weighted by atomic mass is 32.2. The minimum absolute atomic E-state index is 0.0166. The van der Waals surface area contributed by atoms with Crippen LogP contribution < -0.4 is 5.73 Å². The predicted octanol–water partition coefficient (Wildman–Crippen LogP) is -1.98. The molecule has 2 heterocycles. The molecule has 94 valence electrons. The quantitative estimate of drug-likeness (QED) is 0.580. The summed E-state index contributed by atoms with van der Waals surface area (Å²) in [6, 6.07) is -1.02. The predicted molar refractivity (Wildman–Crippen MR) is 56.1 cm³/mol. The first-order valence-electron chi connectivity index (χ1n) is 4.90. The molecule has 9 heteroatoms. The molecule has 4 N–H and O–H groups in total. The van der Waals surface area contributed by atoms with Crippen LogP contribution in [0.25, 0.3) is 0 Å². The standard InChI is InChI=1S/C8H12N4O4S/c9-8(14)6-1-5(13)3-12(6)17(15,16)7-2-10-4-11-7/h2,4-6,13H,1,3H2,(H2,9,14)(H,10,11). The number of sulfonamides is 1. The molecule has 0 radical (unpaired) electrons. The first-order chi connectivity index (χ1) is 7.93. The third kappa shape index (κ3) is 2.04. The zero-order chi connectivity index (χ0) is 12.6. The van der Waals surface area contributed by atoms with E-state index < -0.39 is 28.1 Å². The number of aliphatic hydroxyl groups is 1. The summed E-state index contributed by atoms with van der Waals surface area (Å²) < 4.78 is 25.1. The average Bonchev–Trinajstić information content (AvgIpc) is 2.84. The van der Waals surface area contributed by atoms with Gasteiger partial charge in [-0.1, -0.05) is 0 Å². The van der Waals surface area contributed by atoms with Crippen LogP contribution in [0.15, 0.2) is 17.6 Å². The van der Waals surface area contributed by atoms with E-state index in [1.54, 1.807) is 0 Å². The second-order valence-corrected chi connectivity index (χ2v) is 5.66. The molecule has 1 amide bonds. The van der Waals surface area contributed by atoms with Gasteiger partial charge in [0.25, 0.3) is 10.0 Å². The maximum Gasteiger partial charge on any atom is 0.260 e. The van der Waals surface area contributed by atoms with Crippen LogP contribution in [0, 0.1) is 0 Å². The summed E-state index contributed by atoms with van der Waals surface area (Å²) in [6.45, 7) is -0.144. The van der Waals surface area contributed by atoms with E-state index in [0.29, 0.717) is 0 Å². The number of primary amides is 1. The van der Waals surface area contributed by atoms with Crippen LogP contribution in [0.5, 0.6) is 0 Å². The number of amides is 1. The van der Waals surface area contributed by atoms with Crippen LogP contribution in [0.1, 0.15) is 6.42 Å². The van der Waals surface area contributed by atoms with E-state index in [1.165, 1.54) is 6.33 Å². The molecule has 0 spiro atoms. The van der Waals surface area contributed by atoms with Crippen LogP contribution in [0.4, 0.5) is 0 Å². The number of imidazole rings is 1. The van der Waals surface area contributed by atoms with Crippen molar-refractivity contribution in [3.05, 3.63) is 12.5 Å². The lowest BCUT2D eigenvalue weighted by molar-refractivity contribution is -0.121. The number of aliphatic hydroxyl groups excluding tert-OH is 1. The molecule has 2 atom stereocenters. The summed E-state index contributed by atoms with van der Waals surface area (Å²) in [5, 5.41) is 9.31. The summed E-state index contributed by atoms with van der Waals surface area (Å²) >= 11 is 0. The van der Waals surface area contributed by atoms with Crippen molar-refractivity contribution in [3.8, 4) is 0 Å². The number of β-amino-alcohol motifs (C(OH)–C–C–N with tert-alkyl or cyclic N) is 1. The lowest BCUT2D eigenvalue weighted by Crippen LogP contribution is -2.43. The van der Waals surface area contributed by atoms with Gasteiger partial charge in [-0.3, -0.25) is 4.79 Å². The van der Waals surface area contributed by atoms with E-state index in [2.05, 4.69) is 9.97 Å². The minimum Gasteiger partial charge on any atom is -0.392 e. The molecule has 1 saturated heterocycles. The Morgan fingerprint density at radius 2 is 2.35 bits per heavy atom. The fraction of sp³-hybridized carbons (Fsp3) is 0.500. The second kappa shape index (κ2) is 4.09. The maximum absolute atomic E-state index is 12.1. The van der Waals surface area contributed by atoms with Gasteiger partial charge in [0.1, 0.15) is 6.04 Å². The summed E-state index contributed by atoms with van der Waals surface area (Å²) in [5.74, 6) is -0.773. The number of hydrogen-bond acceptors (Lipinski definition) is 5. The van der Waals surface area contributed by atoms with E-state index in [0.717, 1.165) is 10.5 Å². The number of aromatic amines is 1. The molecule has 1 aliphatic heterocycles. The number of rotatable bonds is 3. The highest BCUT2D eigenvalue weighted by Crippen LogP contribution is 2.24. The molecule has 8 nitrogen and oxygen atoms in total. The van der Waals surface area contributed by atoms with E-state index >= 15 is 0 Å². The maximum atomic E-state index is 12.1. The lowest BCUT2D eigenvalue weighted by Gasteiger charge is -2.19. The van der Waals surface area contributed by atoms with Gasteiger partial charge in [-0.05, 0) is 0 Å². The number of H-pyrrole nitrogens is 1. The molecule has 2 unspecified atom stereocenters. The van der Waals surface area contributed by atoms with Gasteiger partial charge in [0, 0.05) is 13.0 Å². The third-order valence-electron chi connectivity index (χ3n) is 2.62. The van der Waals surface area contributed by atoms with Gasteiger partial charge in [-0.2, -0.15) is 4.31 Å². The van der Waals surface area contributed by atoms with Crippen molar-refractivity contribution in [2.45, 2.75) is 23.6 Å². The van der Waals surface area contributed by atoms with Gasteiger partial charge >= 0.3 is 0 Å². The molecular weight excluding hydrogens is 248 g/mol. The van der Waals surface area contributed by atoms with Gasteiger partial charge in [-0.15, -0.1) is 0 Å². The smallest absolute Gasteiger partial charge is 0.260 e. The molecule has 17 heavy (non-hydrogen) atoms. The van der Waals surface area contributed by atoms with Crippen molar-refractivity contribution in [1.29, 1.82) is 0 Å². The Balaban J connectivity index is 2.36. The van der Waals surface area contributed by atoms with Gasteiger partial charge in [0.05, 0.1) is 18.6 Å². The summed E-state index contributed by atoms with van der Waals surface area (Å²) in [5.41, 5.74) is 5.12. The first-order valence-corrected chi connectivity index (χ1v) is 6.34. The van der Waals surface area contributed by atoms with E-state index in [1.807, 2.05) is 0 Å². The molecule has 1 fully saturated rings. The molecular formula is C8H12N4O4S. The van der Waals surface area contributed by atoms with Crippen LogP contribution >= 0.6 is 0 Å². The van der Waals surface area contributed by atoms with Crippen LogP contribution in [-0.2, 0) is 14.8 Å². The van der Waals surface area contributed by atoms with Crippen LogP contribution in [0.2, 0.25) is 0 Å². The Morgan fingerprint density at radius 3 is 2.88 bits per heavy atom. The van der Waals surface area contributed by atoms with Gasteiger partial charge < -0.3 is 15.8 Å². The largest absolute Gasteiger partial charge is 0.392 e. The Hall–Kier alpha value is -1.45. The zero-order valence-electron chi connectivity index (χ0n) is 8.78. The first kappa shape index (κ1) is 12.0. The number of nitrogens with zero attached hydrogens (tertiary/aromatic N) is 2. The zero-order valence-corrected chi connectivity index (χ0v) is 9.59. The number of carbonyl (C=O) groups excluding carboxylic acids is 1. The van der Waals surface area contributed by atoms with Crippen molar-refractivity contribution in [2.24, 2.45) is 5.73 Å². The molecule has 0 aromatic carbocycles. The summed E-state index contributed by atoms with van der Waals surface area (Å²) in [6.07, 6.45) is 1.49. The minimum atomic E-state index is -3.87. The summed E-state index contributed by atoms with van der Waals surface area (Å²) in [7, 11) is -3.87. The van der Waals surface area contributed by atoms with E-state index in [-0.39, 0.29) is 18.0 Å². The van der Waals surface area contributed by atoms with Crippen molar-refractivity contribution in [1.82, 2.24) is 14.3 Å². The number of aromatic nitrogens is 2. The van der Waals surface area contributed by atoms with Gasteiger partial charge in [0.15, 0.2) is 5.03 Å². The van der Waals surface area contributed by atoms with Crippen molar-refractivity contribution >= 4 is 15.9 Å². The van der Waals surface area contributed by atoms with Gasteiger partial charge in [-0.25, -0.2) is 13.4 Å². The lowest BCUT2D eigenvalue weighted by atomic mass is 10.2. The SMILES string of the molecule is NC(=O)C1CC(O)CN1S(=O)(=O)c1cnc[nH]1. The Bertz CT molecular complexity index is 512. The fourth-order valence-electron chi connectivity index (χ4n) is 1.82. The molecule has 0 saturated carbocycles. The molecule has 1 aliphatic rings. The van der Waals surface area contributed by atoms with Crippen molar-refractivity contribution < 1.29 is 18.3 Å². The number of nitrogens with two attached hydrogens (primary N) is 1. The normalized spacial score (nSPS) is 26.2.